The number of hydrogen-bond acceptors (Lipinski definition) is 5. The smallest absolute Gasteiger partial charge is 0.411 e. The van der Waals surface area contributed by atoms with Crippen LogP contribution in [0.2, 0.25) is 0 Å². The van der Waals surface area contributed by atoms with E-state index in [1.165, 1.54) is 4.90 Å². The van der Waals surface area contributed by atoms with Crippen LogP contribution in [0.1, 0.15) is 26.3 Å². The van der Waals surface area contributed by atoms with Gasteiger partial charge in [0.25, 0.3) is 0 Å². The maximum atomic E-state index is 12.6. The van der Waals surface area contributed by atoms with Gasteiger partial charge in [-0.15, -0.1) is 0 Å². The second-order valence-corrected chi connectivity index (χ2v) is 7.31. The molecule has 1 fully saturated rings. The Labute approximate surface area is 159 Å². The Balaban J connectivity index is 1.96. The van der Waals surface area contributed by atoms with Gasteiger partial charge in [-0.25, -0.2) is 9.79 Å². The number of piperazine rings is 1. The van der Waals surface area contributed by atoms with Crippen LogP contribution >= 0.6 is 0 Å². The molecule has 1 aromatic carbocycles. The molecule has 1 aliphatic rings. The molecule has 0 aliphatic carbocycles. The molecule has 9 heteroatoms. The maximum absolute atomic E-state index is 12.6. The summed E-state index contributed by atoms with van der Waals surface area (Å²) in [7, 11) is 0. The van der Waals surface area contributed by atoms with E-state index in [0.29, 0.717) is 31.9 Å². The summed E-state index contributed by atoms with van der Waals surface area (Å²) in [4.78, 5) is 30.4. The van der Waals surface area contributed by atoms with Crippen LogP contribution in [0, 0.1) is 0 Å². The lowest BCUT2D eigenvalue weighted by atomic mass is 10.1. The molecule has 2 amide bonds. The Morgan fingerprint density at radius 2 is 1.96 bits per heavy atom. The third kappa shape index (κ3) is 6.45. The highest BCUT2D eigenvalue weighted by Crippen LogP contribution is 2.15. The molecule has 1 atom stereocenters. The number of guanidine groups is 1. The first-order valence-corrected chi connectivity index (χ1v) is 8.82. The fraction of sp³-hybridized carbons (Fsp3) is 0.500. The average molecular weight is 376 g/mol. The Kier molecular flexibility index (Phi) is 6.62. The van der Waals surface area contributed by atoms with Gasteiger partial charge < -0.3 is 26.8 Å². The maximum Gasteiger partial charge on any atom is 0.411 e. The third-order valence-corrected chi connectivity index (χ3v) is 3.84. The van der Waals surface area contributed by atoms with Gasteiger partial charge in [0.1, 0.15) is 11.6 Å². The summed E-state index contributed by atoms with van der Waals surface area (Å²) >= 11 is 0. The van der Waals surface area contributed by atoms with Gasteiger partial charge in [0.05, 0.1) is 5.69 Å². The van der Waals surface area contributed by atoms with E-state index in [1.807, 2.05) is 12.1 Å². The minimum absolute atomic E-state index is 0.0110. The van der Waals surface area contributed by atoms with Crippen molar-refractivity contribution in [2.24, 2.45) is 16.5 Å². The predicted octanol–water partition coefficient (Wildman–Crippen LogP) is 0.417. The molecule has 27 heavy (non-hydrogen) atoms. The molecule has 1 aliphatic heterocycles. The van der Waals surface area contributed by atoms with E-state index < -0.39 is 17.7 Å². The van der Waals surface area contributed by atoms with E-state index in [1.54, 1.807) is 32.9 Å². The zero-order chi connectivity index (χ0) is 20.0. The number of benzene rings is 1. The Hall–Kier alpha value is -2.81. The molecule has 1 heterocycles. The van der Waals surface area contributed by atoms with E-state index in [0.717, 1.165) is 5.56 Å². The van der Waals surface area contributed by atoms with Crippen LogP contribution < -0.4 is 22.1 Å². The highest BCUT2D eigenvalue weighted by Gasteiger charge is 2.34. The number of nitrogens with one attached hydrogen (secondary N) is 2. The van der Waals surface area contributed by atoms with Crippen molar-refractivity contribution in [2.45, 2.75) is 39.0 Å². The second kappa shape index (κ2) is 8.72. The lowest BCUT2D eigenvalue weighted by Gasteiger charge is -2.36. The van der Waals surface area contributed by atoms with Gasteiger partial charge in [-0.2, -0.15) is 0 Å². The van der Waals surface area contributed by atoms with Crippen molar-refractivity contribution in [1.82, 2.24) is 15.5 Å². The van der Waals surface area contributed by atoms with Gasteiger partial charge in [0.15, 0.2) is 5.96 Å². The first kappa shape index (κ1) is 20.5. The van der Waals surface area contributed by atoms with Crippen molar-refractivity contribution in [3.63, 3.8) is 0 Å². The van der Waals surface area contributed by atoms with Crippen molar-refractivity contribution in [1.29, 1.82) is 0 Å². The lowest BCUT2D eigenvalue weighted by molar-refractivity contribution is -0.127. The number of nitrogens with two attached hydrogens (primary N) is 2. The first-order valence-electron chi connectivity index (χ1n) is 8.82. The molecule has 6 N–H and O–H groups in total. The van der Waals surface area contributed by atoms with E-state index in [2.05, 4.69) is 15.6 Å². The summed E-state index contributed by atoms with van der Waals surface area (Å²) in [6, 6.07) is 6.56. The number of carbonyl (C=O) groups is 2. The minimum Gasteiger partial charge on any atom is -0.444 e. The zero-order valence-electron chi connectivity index (χ0n) is 16.0. The zero-order valence-corrected chi connectivity index (χ0v) is 16.0. The molecule has 0 saturated carbocycles. The summed E-state index contributed by atoms with van der Waals surface area (Å²) in [5, 5.41) is 6.00. The largest absolute Gasteiger partial charge is 0.444 e. The number of ether oxygens (including phenoxy) is 1. The summed E-state index contributed by atoms with van der Waals surface area (Å²) in [5.41, 5.74) is 11.6. The Morgan fingerprint density at radius 3 is 2.56 bits per heavy atom. The van der Waals surface area contributed by atoms with E-state index in [9.17, 15) is 9.59 Å². The second-order valence-electron chi connectivity index (χ2n) is 7.31. The minimum atomic E-state index is -0.616. The van der Waals surface area contributed by atoms with Gasteiger partial charge >= 0.3 is 6.09 Å². The molecule has 1 unspecified atom stereocenters. The molecular weight excluding hydrogens is 348 g/mol. The van der Waals surface area contributed by atoms with Crippen LogP contribution in [0.3, 0.4) is 0 Å². The van der Waals surface area contributed by atoms with Crippen molar-refractivity contribution in [3.05, 3.63) is 29.8 Å². The molecule has 0 bridgehead atoms. The molecule has 1 aromatic rings. The number of aliphatic imine (C=N–C) groups is 1. The van der Waals surface area contributed by atoms with Crippen molar-refractivity contribution >= 4 is 23.6 Å². The van der Waals surface area contributed by atoms with Gasteiger partial charge in [-0.1, -0.05) is 12.1 Å². The van der Waals surface area contributed by atoms with Gasteiger partial charge in [-0.05, 0) is 38.5 Å². The first-order chi connectivity index (χ1) is 12.7. The molecule has 0 spiro atoms. The van der Waals surface area contributed by atoms with Crippen LogP contribution in [-0.2, 0) is 16.1 Å². The summed E-state index contributed by atoms with van der Waals surface area (Å²) in [5.74, 6) is -0.246. The van der Waals surface area contributed by atoms with E-state index in [-0.39, 0.29) is 11.9 Å². The predicted molar refractivity (Wildman–Crippen MR) is 103 cm³/mol. The molecular formula is C18H28N6O3. The van der Waals surface area contributed by atoms with Crippen LogP contribution in [-0.4, -0.2) is 54.1 Å². The Bertz CT molecular complexity index is 692. The highest BCUT2D eigenvalue weighted by atomic mass is 16.6. The van der Waals surface area contributed by atoms with Gasteiger partial charge in [-0.3, -0.25) is 9.69 Å². The SMILES string of the molecule is CC(C)(C)OC(=O)N1CCNCC1C(=O)NCc1ccc(N=C(N)N)cc1. The molecule has 1 saturated heterocycles. The standard InChI is InChI=1S/C18H28N6O3/c1-18(2,3)27-17(26)24-9-8-21-11-14(24)15(25)22-10-12-4-6-13(7-5-12)23-16(19)20/h4-7,14,21H,8-11H2,1-3H3,(H,22,25)(H4,19,20,23). The van der Waals surface area contributed by atoms with Crippen molar-refractivity contribution in [3.8, 4) is 0 Å². The van der Waals surface area contributed by atoms with Gasteiger partial charge in [0, 0.05) is 26.2 Å². The molecule has 0 aromatic heterocycles. The quantitative estimate of drug-likeness (QED) is 0.444. The summed E-state index contributed by atoms with van der Waals surface area (Å²) < 4.78 is 5.41. The third-order valence-electron chi connectivity index (χ3n) is 3.84. The van der Waals surface area contributed by atoms with Crippen LogP contribution in [0.5, 0.6) is 0 Å². The van der Waals surface area contributed by atoms with Gasteiger partial charge in [0.2, 0.25) is 5.91 Å². The van der Waals surface area contributed by atoms with Crippen LogP contribution in [0.15, 0.2) is 29.3 Å². The summed E-state index contributed by atoms with van der Waals surface area (Å²) in [6.45, 7) is 7.15. The van der Waals surface area contributed by atoms with Crippen LogP contribution in [0.4, 0.5) is 10.5 Å². The number of rotatable bonds is 4. The normalized spacial score (nSPS) is 17.1. The van der Waals surface area contributed by atoms with Crippen molar-refractivity contribution < 1.29 is 14.3 Å². The molecule has 148 valence electrons. The molecule has 9 nitrogen and oxygen atoms in total. The molecule has 2 rings (SSSR count). The number of hydrogen-bond donors (Lipinski definition) is 4. The fourth-order valence-corrected chi connectivity index (χ4v) is 2.62. The Morgan fingerprint density at radius 1 is 1.30 bits per heavy atom. The number of carbonyl (C=O) groups excluding carboxylic acids is 2. The number of nitrogens with zero attached hydrogens (tertiary/aromatic N) is 2. The van der Waals surface area contributed by atoms with E-state index in [4.69, 9.17) is 16.2 Å². The molecule has 0 radical (unpaired) electrons. The average Bonchev–Trinajstić information content (AvgIpc) is 2.59. The van der Waals surface area contributed by atoms with E-state index >= 15 is 0 Å². The summed E-state index contributed by atoms with van der Waals surface area (Å²) in [6.07, 6.45) is -0.481. The topological polar surface area (TPSA) is 135 Å². The van der Waals surface area contributed by atoms with Crippen molar-refractivity contribution in [2.75, 3.05) is 19.6 Å². The lowest BCUT2D eigenvalue weighted by Crippen LogP contribution is -2.60. The highest BCUT2D eigenvalue weighted by molar-refractivity contribution is 5.86. The number of amides is 2. The monoisotopic (exact) mass is 376 g/mol. The van der Waals surface area contributed by atoms with Crippen LogP contribution in [0.25, 0.3) is 0 Å². The fourth-order valence-electron chi connectivity index (χ4n) is 2.62.